The van der Waals surface area contributed by atoms with Gasteiger partial charge in [0.2, 0.25) is 6.79 Å². The minimum absolute atomic E-state index is 0.171. The van der Waals surface area contributed by atoms with Crippen molar-refractivity contribution in [3.63, 3.8) is 0 Å². The first kappa shape index (κ1) is 16.3. The van der Waals surface area contributed by atoms with Gasteiger partial charge < -0.3 is 29.7 Å². The van der Waals surface area contributed by atoms with Crippen LogP contribution in [-0.4, -0.2) is 46.7 Å². The summed E-state index contributed by atoms with van der Waals surface area (Å²) in [5.41, 5.74) is 0.847. The quantitative estimate of drug-likeness (QED) is 0.750. The molecule has 0 saturated carbocycles. The van der Waals surface area contributed by atoms with E-state index in [0.717, 1.165) is 0 Å². The third-order valence-electron chi connectivity index (χ3n) is 4.06. The third-order valence-corrected chi connectivity index (χ3v) is 5.00. The van der Waals surface area contributed by atoms with Crippen molar-refractivity contribution in [1.82, 2.24) is 4.98 Å². The smallest absolute Gasteiger partial charge is 0.275 e. The molecule has 132 valence electrons. The second-order valence-corrected chi connectivity index (χ2v) is 6.63. The number of hydrogen-bond acceptors (Lipinski definition) is 8. The fourth-order valence-corrected chi connectivity index (χ4v) is 3.61. The average Bonchev–Trinajstić information content (AvgIpc) is 3.33. The predicted molar refractivity (Wildman–Crippen MR) is 88.0 cm³/mol. The molecule has 0 radical (unpaired) electrons. The maximum atomic E-state index is 12.4. The Labute approximate surface area is 147 Å². The normalized spacial score (nSPS) is 24.5. The Kier molecular flexibility index (Phi) is 4.30. The molecule has 3 N–H and O–H groups in total. The van der Waals surface area contributed by atoms with Crippen molar-refractivity contribution < 1.29 is 29.2 Å². The molecule has 3 atom stereocenters. The number of carbonyl (C=O) groups excluding carboxylic acids is 1. The van der Waals surface area contributed by atoms with Gasteiger partial charge in [0.25, 0.3) is 5.91 Å². The van der Waals surface area contributed by atoms with Crippen molar-refractivity contribution in [2.75, 3.05) is 18.7 Å². The number of aromatic nitrogens is 1. The first-order valence-corrected chi connectivity index (χ1v) is 8.63. The number of hydrogen-bond donors (Lipinski definition) is 3. The number of rotatable bonds is 4. The van der Waals surface area contributed by atoms with Crippen molar-refractivity contribution in [3.8, 4) is 11.5 Å². The average molecular weight is 364 g/mol. The Bertz CT molecular complexity index is 795. The highest BCUT2D eigenvalue weighted by Crippen LogP contribution is 2.36. The molecule has 2 aromatic rings. The predicted octanol–water partition coefficient (Wildman–Crippen LogP) is 1.31. The van der Waals surface area contributed by atoms with E-state index in [0.29, 0.717) is 28.6 Å². The van der Waals surface area contributed by atoms with E-state index < -0.39 is 18.3 Å². The number of amides is 1. The highest BCUT2D eigenvalue weighted by Gasteiger charge is 2.36. The van der Waals surface area contributed by atoms with Crippen LogP contribution in [0.25, 0.3) is 0 Å². The molecule has 1 fully saturated rings. The molecule has 0 bridgehead atoms. The molecule has 4 rings (SSSR count). The monoisotopic (exact) mass is 364 g/mol. The summed E-state index contributed by atoms with van der Waals surface area (Å²) in [4.78, 5) is 16.7. The number of nitrogens with one attached hydrogen (secondary N) is 1. The highest BCUT2D eigenvalue weighted by atomic mass is 32.1. The van der Waals surface area contributed by atoms with Crippen LogP contribution in [0.1, 0.15) is 28.0 Å². The largest absolute Gasteiger partial charge is 0.454 e. The molecule has 2 aliphatic heterocycles. The van der Waals surface area contributed by atoms with Gasteiger partial charge >= 0.3 is 0 Å². The van der Waals surface area contributed by atoms with Crippen LogP contribution in [0.5, 0.6) is 11.5 Å². The molecule has 25 heavy (non-hydrogen) atoms. The molecule has 2 aliphatic rings. The molecule has 1 saturated heterocycles. The number of fused-ring (bicyclic) bond motifs is 1. The molecule has 1 aromatic carbocycles. The number of aliphatic hydroxyl groups is 2. The first-order chi connectivity index (χ1) is 12.1. The first-order valence-electron chi connectivity index (χ1n) is 7.75. The van der Waals surface area contributed by atoms with E-state index in [1.165, 1.54) is 11.3 Å². The number of thiazole rings is 1. The zero-order chi connectivity index (χ0) is 17.4. The molecular formula is C16H16N2O6S. The molecule has 0 spiro atoms. The number of aliphatic hydroxyl groups excluding tert-OH is 2. The Morgan fingerprint density at radius 3 is 3.00 bits per heavy atom. The number of benzene rings is 1. The fraction of sp³-hybridized carbons (Fsp3) is 0.375. The van der Waals surface area contributed by atoms with E-state index in [4.69, 9.17) is 19.3 Å². The van der Waals surface area contributed by atoms with Gasteiger partial charge in [-0.15, -0.1) is 11.3 Å². The second kappa shape index (κ2) is 6.60. The van der Waals surface area contributed by atoms with E-state index in [2.05, 4.69) is 10.3 Å². The van der Waals surface area contributed by atoms with Gasteiger partial charge in [0.1, 0.15) is 22.9 Å². The van der Waals surface area contributed by atoms with Crippen LogP contribution in [0.2, 0.25) is 0 Å². The number of nitrogens with zero attached hydrogens (tertiary/aromatic N) is 1. The lowest BCUT2D eigenvalue weighted by Crippen LogP contribution is -2.24. The summed E-state index contributed by atoms with van der Waals surface area (Å²) in [6, 6.07) is 5.14. The maximum absolute atomic E-state index is 12.4. The van der Waals surface area contributed by atoms with Crippen LogP contribution in [0.15, 0.2) is 23.6 Å². The molecule has 0 aliphatic carbocycles. The second-order valence-electron chi connectivity index (χ2n) is 5.74. The van der Waals surface area contributed by atoms with Gasteiger partial charge in [0, 0.05) is 23.6 Å². The zero-order valence-corrected chi connectivity index (χ0v) is 13.9. The van der Waals surface area contributed by atoms with Crippen molar-refractivity contribution in [2.45, 2.75) is 24.7 Å². The molecule has 8 nitrogen and oxygen atoms in total. The van der Waals surface area contributed by atoms with Crippen LogP contribution < -0.4 is 14.8 Å². The van der Waals surface area contributed by atoms with Gasteiger partial charge in [-0.25, -0.2) is 4.98 Å². The van der Waals surface area contributed by atoms with Crippen LogP contribution in [0.3, 0.4) is 0 Å². The standard InChI is InChI=1S/C16H16N2O6S/c19-5-14-10(20)4-13(24-14)16-18-9(6-25-16)15(21)17-8-1-2-11-12(3-8)23-7-22-11/h1-3,6,10,13-14,19-20H,4-5,7H2,(H,17,21)/t10-,13+,14+/m0/s1. The van der Waals surface area contributed by atoms with Gasteiger partial charge in [0.05, 0.1) is 12.7 Å². The van der Waals surface area contributed by atoms with Crippen LogP contribution in [0.4, 0.5) is 5.69 Å². The number of carbonyl (C=O) groups is 1. The third kappa shape index (κ3) is 3.19. The molecule has 1 amide bonds. The van der Waals surface area contributed by atoms with Gasteiger partial charge in [-0.05, 0) is 12.1 Å². The molecule has 0 unspecified atom stereocenters. The lowest BCUT2D eigenvalue weighted by Gasteiger charge is -2.09. The minimum Gasteiger partial charge on any atom is -0.454 e. The van der Waals surface area contributed by atoms with Gasteiger partial charge in [-0.2, -0.15) is 0 Å². The van der Waals surface area contributed by atoms with Crippen LogP contribution >= 0.6 is 11.3 Å². The van der Waals surface area contributed by atoms with Crippen LogP contribution in [-0.2, 0) is 4.74 Å². The zero-order valence-electron chi connectivity index (χ0n) is 13.0. The van der Waals surface area contributed by atoms with E-state index in [-0.39, 0.29) is 25.0 Å². The van der Waals surface area contributed by atoms with Gasteiger partial charge in [0.15, 0.2) is 11.5 Å². The lowest BCUT2D eigenvalue weighted by atomic mass is 10.1. The molecule has 3 heterocycles. The summed E-state index contributed by atoms with van der Waals surface area (Å²) < 4.78 is 16.1. The fourth-order valence-electron chi connectivity index (χ4n) is 2.76. The molecular weight excluding hydrogens is 348 g/mol. The van der Waals surface area contributed by atoms with Crippen LogP contribution in [0, 0.1) is 0 Å². The lowest BCUT2D eigenvalue weighted by molar-refractivity contribution is -0.0226. The Morgan fingerprint density at radius 2 is 2.20 bits per heavy atom. The molecule has 9 heteroatoms. The topological polar surface area (TPSA) is 110 Å². The Morgan fingerprint density at radius 1 is 1.36 bits per heavy atom. The van der Waals surface area contributed by atoms with Gasteiger partial charge in [-0.1, -0.05) is 0 Å². The summed E-state index contributed by atoms with van der Waals surface area (Å²) in [6.45, 7) is -0.0786. The maximum Gasteiger partial charge on any atom is 0.275 e. The Hall–Kier alpha value is -2.20. The summed E-state index contributed by atoms with van der Waals surface area (Å²) >= 11 is 1.29. The highest BCUT2D eigenvalue weighted by molar-refractivity contribution is 7.09. The minimum atomic E-state index is -0.732. The van der Waals surface area contributed by atoms with E-state index in [1.54, 1.807) is 23.6 Å². The van der Waals surface area contributed by atoms with Crippen molar-refractivity contribution in [1.29, 1.82) is 0 Å². The van der Waals surface area contributed by atoms with E-state index >= 15 is 0 Å². The van der Waals surface area contributed by atoms with Gasteiger partial charge in [-0.3, -0.25) is 4.79 Å². The summed E-state index contributed by atoms with van der Waals surface area (Å²) in [5, 5.41) is 23.9. The Balaban J connectivity index is 1.44. The summed E-state index contributed by atoms with van der Waals surface area (Å²) in [6.07, 6.45) is -1.41. The summed E-state index contributed by atoms with van der Waals surface area (Å²) in [7, 11) is 0. The molecule has 1 aromatic heterocycles. The van der Waals surface area contributed by atoms with Crippen molar-refractivity contribution in [3.05, 3.63) is 34.3 Å². The number of anilines is 1. The SMILES string of the molecule is O=C(Nc1ccc2c(c1)OCO2)c1csc([C@H]2C[C@H](O)[C@@H](CO)O2)n1. The van der Waals surface area contributed by atoms with Crippen molar-refractivity contribution >= 4 is 22.9 Å². The van der Waals surface area contributed by atoms with E-state index in [9.17, 15) is 9.90 Å². The van der Waals surface area contributed by atoms with E-state index in [1.807, 2.05) is 0 Å². The number of ether oxygens (including phenoxy) is 3. The van der Waals surface area contributed by atoms with Crippen molar-refractivity contribution in [2.24, 2.45) is 0 Å². The summed E-state index contributed by atoms with van der Waals surface area (Å²) in [5.74, 6) is 0.878.